The largest absolute Gasteiger partial charge is 0.383 e. The molecule has 0 N–H and O–H groups in total. The fourth-order valence-corrected chi connectivity index (χ4v) is 1.58. The second-order valence-electron chi connectivity index (χ2n) is 3.07. The maximum atomic E-state index is 11.5. The van der Waals surface area contributed by atoms with Crippen LogP contribution in [-0.4, -0.2) is 29.7 Å². The summed E-state index contributed by atoms with van der Waals surface area (Å²) in [6.07, 6.45) is 2.98. The molecule has 0 unspecified atom stereocenters. The SMILES string of the molecule is CN(C)C=CC(=O)c1csc([N+](=O)[O-])c1. The molecule has 0 aliphatic carbocycles. The van der Waals surface area contributed by atoms with Crippen LogP contribution in [0.5, 0.6) is 0 Å². The van der Waals surface area contributed by atoms with Gasteiger partial charge in [0.15, 0.2) is 5.78 Å². The molecule has 1 heterocycles. The smallest absolute Gasteiger partial charge is 0.324 e. The zero-order chi connectivity index (χ0) is 11.4. The Labute approximate surface area is 90.8 Å². The molecular formula is C9H10N2O3S. The highest BCUT2D eigenvalue weighted by Gasteiger charge is 2.12. The second-order valence-corrected chi connectivity index (χ2v) is 3.96. The molecule has 80 valence electrons. The topological polar surface area (TPSA) is 63.5 Å². The van der Waals surface area contributed by atoms with E-state index in [9.17, 15) is 14.9 Å². The van der Waals surface area contributed by atoms with Gasteiger partial charge in [-0.25, -0.2) is 0 Å². The van der Waals surface area contributed by atoms with Crippen LogP contribution in [0.3, 0.4) is 0 Å². The normalized spacial score (nSPS) is 10.5. The standard InChI is InChI=1S/C9H10N2O3S/c1-10(2)4-3-8(12)7-5-9(11(13)14)15-6-7/h3-6H,1-2H3. The quantitative estimate of drug-likeness (QED) is 0.340. The van der Waals surface area contributed by atoms with Crippen molar-refractivity contribution in [3.05, 3.63) is 39.4 Å². The van der Waals surface area contributed by atoms with Gasteiger partial charge in [0.1, 0.15) is 0 Å². The Kier molecular flexibility index (Phi) is 3.56. The third kappa shape index (κ3) is 3.17. The first kappa shape index (κ1) is 11.4. The number of allylic oxidation sites excluding steroid dienone is 1. The Hall–Kier alpha value is -1.69. The highest BCUT2D eigenvalue weighted by Crippen LogP contribution is 2.22. The molecule has 0 aliphatic heterocycles. The van der Waals surface area contributed by atoms with Crippen molar-refractivity contribution in [2.45, 2.75) is 0 Å². The van der Waals surface area contributed by atoms with Crippen LogP contribution in [0.15, 0.2) is 23.7 Å². The lowest BCUT2D eigenvalue weighted by atomic mass is 10.2. The Morgan fingerprint density at radius 2 is 2.27 bits per heavy atom. The van der Waals surface area contributed by atoms with E-state index in [2.05, 4.69) is 0 Å². The average Bonchev–Trinajstić information content (AvgIpc) is 2.62. The van der Waals surface area contributed by atoms with E-state index >= 15 is 0 Å². The molecule has 0 aliphatic rings. The van der Waals surface area contributed by atoms with Crippen molar-refractivity contribution in [3.8, 4) is 0 Å². The van der Waals surface area contributed by atoms with Gasteiger partial charge in [-0.1, -0.05) is 11.3 Å². The zero-order valence-electron chi connectivity index (χ0n) is 8.34. The molecule has 5 nitrogen and oxygen atoms in total. The van der Waals surface area contributed by atoms with Crippen molar-refractivity contribution >= 4 is 22.1 Å². The molecule has 0 saturated heterocycles. The fraction of sp³-hybridized carbons (Fsp3) is 0.222. The third-order valence-corrected chi connectivity index (χ3v) is 2.45. The minimum Gasteiger partial charge on any atom is -0.383 e. The van der Waals surface area contributed by atoms with E-state index < -0.39 is 4.92 Å². The summed E-state index contributed by atoms with van der Waals surface area (Å²) in [5.74, 6) is -0.229. The van der Waals surface area contributed by atoms with Gasteiger partial charge in [-0.2, -0.15) is 0 Å². The maximum absolute atomic E-state index is 11.5. The number of ketones is 1. The van der Waals surface area contributed by atoms with Gasteiger partial charge in [-0.15, -0.1) is 0 Å². The van der Waals surface area contributed by atoms with E-state index in [1.165, 1.54) is 17.5 Å². The molecular weight excluding hydrogens is 216 g/mol. The van der Waals surface area contributed by atoms with Gasteiger partial charge in [-0.05, 0) is 0 Å². The molecule has 15 heavy (non-hydrogen) atoms. The average molecular weight is 226 g/mol. The van der Waals surface area contributed by atoms with Crippen molar-refractivity contribution in [3.63, 3.8) is 0 Å². The van der Waals surface area contributed by atoms with Crippen LogP contribution >= 0.6 is 11.3 Å². The maximum Gasteiger partial charge on any atom is 0.324 e. The molecule has 0 aromatic carbocycles. The van der Waals surface area contributed by atoms with Crippen LogP contribution in [0.4, 0.5) is 5.00 Å². The molecule has 1 aromatic heterocycles. The number of nitrogens with zero attached hydrogens (tertiary/aromatic N) is 2. The first-order valence-electron chi connectivity index (χ1n) is 4.12. The lowest BCUT2D eigenvalue weighted by Gasteiger charge is -2.01. The van der Waals surface area contributed by atoms with E-state index in [-0.39, 0.29) is 10.8 Å². The Balaban J connectivity index is 2.79. The van der Waals surface area contributed by atoms with Crippen molar-refractivity contribution in [1.82, 2.24) is 4.90 Å². The molecule has 0 bridgehead atoms. The summed E-state index contributed by atoms with van der Waals surface area (Å²) in [5.41, 5.74) is 0.352. The zero-order valence-corrected chi connectivity index (χ0v) is 9.15. The molecule has 1 aromatic rings. The number of thiophene rings is 1. The van der Waals surface area contributed by atoms with Crippen LogP contribution in [0.25, 0.3) is 0 Å². The van der Waals surface area contributed by atoms with Crippen molar-refractivity contribution in [2.75, 3.05) is 14.1 Å². The molecule has 0 spiro atoms. The molecule has 0 amide bonds. The first-order valence-corrected chi connectivity index (χ1v) is 5.00. The molecule has 0 radical (unpaired) electrons. The second kappa shape index (κ2) is 4.70. The lowest BCUT2D eigenvalue weighted by molar-refractivity contribution is -0.380. The van der Waals surface area contributed by atoms with Gasteiger partial charge in [0, 0.05) is 43.4 Å². The molecule has 1 rings (SSSR count). The van der Waals surface area contributed by atoms with E-state index in [0.29, 0.717) is 5.56 Å². The van der Waals surface area contributed by atoms with Crippen molar-refractivity contribution < 1.29 is 9.72 Å². The van der Waals surface area contributed by atoms with Crippen molar-refractivity contribution in [2.24, 2.45) is 0 Å². The van der Waals surface area contributed by atoms with Crippen LogP contribution in [0, 0.1) is 10.1 Å². The van der Waals surface area contributed by atoms with Gasteiger partial charge in [0.2, 0.25) is 0 Å². The molecule has 0 saturated carbocycles. The molecule has 0 atom stereocenters. The van der Waals surface area contributed by atoms with E-state index in [0.717, 1.165) is 11.3 Å². The van der Waals surface area contributed by atoms with Gasteiger partial charge >= 0.3 is 5.00 Å². The number of carbonyl (C=O) groups is 1. The van der Waals surface area contributed by atoms with Gasteiger partial charge in [-0.3, -0.25) is 14.9 Å². The minimum atomic E-state index is -0.503. The Bertz CT molecular complexity index is 409. The number of rotatable bonds is 4. The number of carbonyl (C=O) groups excluding carboxylic acids is 1. The number of hydrogen-bond acceptors (Lipinski definition) is 5. The van der Waals surface area contributed by atoms with Crippen LogP contribution in [0.1, 0.15) is 10.4 Å². The summed E-state index contributed by atoms with van der Waals surface area (Å²) >= 11 is 0.953. The molecule has 6 heteroatoms. The van der Waals surface area contributed by atoms with Gasteiger partial charge in [0.05, 0.1) is 4.92 Å². The van der Waals surface area contributed by atoms with Crippen LogP contribution in [-0.2, 0) is 0 Å². The van der Waals surface area contributed by atoms with Crippen LogP contribution < -0.4 is 0 Å². The summed E-state index contributed by atoms with van der Waals surface area (Å²) in [6.45, 7) is 0. The Morgan fingerprint density at radius 1 is 1.60 bits per heavy atom. The number of hydrogen-bond donors (Lipinski definition) is 0. The predicted molar refractivity (Wildman–Crippen MR) is 58.1 cm³/mol. The summed E-state index contributed by atoms with van der Waals surface area (Å²) in [7, 11) is 3.58. The number of nitro groups is 1. The summed E-state index contributed by atoms with van der Waals surface area (Å²) < 4.78 is 0. The van der Waals surface area contributed by atoms with Crippen molar-refractivity contribution in [1.29, 1.82) is 0 Å². The minimum absolute atomic E-state index is 0.0170. The van der Waals surface area contributed by atoms with Gasteiger partial charge in [0.25, 0.3) is 0 Å². The first-order chi connectivity index (χ1) is 7.00. The van der Waals surface area contributed by atoms with E-state index in [1.807, 2.05) is 0 Å². The lowest BCUT2D eigenvalue weighted by Crippen LogP contribution is -2.02. The van der Waals surface area contributed by atoms with E-state index in [1.54, 1.807) is 25.2 Å². The van der Waals surface area contributed by atoms with Gasteiger partial charge < -0.3 is 4.90 Å². The Morgan fingerprint density at radius 3 is 2.73 bits per heavy atom. The monoisotopic (exact) mass is 226 g/mol. The highest BCUT2D eigenvalue weighted by molar-refractivity contribution is 7.13. The summed E-state index contributed by atoms with van der Waals surface area (Å²) in [5, 5.41) is 11.9. The third-order valence-electron chi connectivity index (χ3n) is 1.57. The highest BCUT2D eigenvalue weighted by atomic mass is 32.1. The summed E-state index contributed by atoms with van der Waals surface area (Å²) in [4.78, 5) is 23.1. The molecule has 0 fully saturated rings. The van der Waals surface area contributed by atoms with E-state index in [4.69, 9.17) is 0 Å². The van der Waals surface area contributed by atoms with Crippen LogP contribution in [0.2, 0.25) is 0 Å². The predicted octanol–water partition coefficient (Wildman–Crippen LogP) is 1.91. The summed E-state index contributed by atoms with van der Waals surface area (Å²) in [6, 6.07) is 1.28. The fourth-order valence-electron chi connectivity index (χ4n) is 0.863.